The van der Waals surface area contributed by atoms with E-state index in [-0.39, 0.29) is 5.75 Å². The SMILES string of the molecule is C=CC(=O)Nc1ccccc1OC(N)=O. The number of carbonyl (C=O) groups excluding carboxylic acids is 2. The lowest BCUT2D eigenvalue weighted by Crippen LogP contribution is -2.18. The molecule has 0 spiro atoms. The number of para-hydroxylation sites is 2. The second-order valence-corrected chi connectivity index (χ2v) is 2.61. The van der Waals surface area contributed by atoms with Crippen molar-refractivity contribution in [3.8, 4) is 5.75 Å². The number of anilines is 1. The van der Waals surface area contributed by atoms with Crippen molar-refractivity contribution in [3.05, 3.63) is 36.9 Å². The number of amides is 2. The van der Waals surface area contributed by atoms with Crippen molar-refractivity contribution in [2.24, 2.45) is 5.73 Å². The molecule has 0 aliphatic carbocycles. The van der Waals surface area contributed by atoms with Gasteiger partial charge in [-0.2, -0.15) is 0 Å². The largest absolute Gasteiger partial charge is 0.410 e. The van der Waals surface area contributed by atoms with E-state index in [4.69, 9.17) is 5.73 Å². The number of rotatable bonds is 3. The van der Waals surface area contributed by atoms with E-state index in [0.717, 1.165) is 6.08 Å². The van der Waals surface area contributed by atoms with Crippen molar-refractivity contribution in [2.75, 3.05) is 5.32 Å². The molecule has 0 heterocycles. The van der Waals surface area contributed by atoms with Crippen LogP contribution in [0.15, 0.2) is 36.9 Å². The molecule has 0 aliphatic rings. The van der Waals surface area contributed by atoms with Crippen LogP contribution in [0.1, 0.15) is 0 Å². The van der Waals surface area contributed by atoms with Gasteiger partial charge in [0.1, 0.15) is 0 Å². The maximum atomic E-state index is 11.0. The second-order valence-electron chi connectivity index (χ2n) is 2.61. The Balaban J connectivity index is 2.90. The highest BCUT2D eigenvalue weighted by atomic mass is 16.5. The highest BCUT2D eigenvalue weighted by Gasteiger charge is 2.06. The first-order valence-corrected chi connectivity index (χ1v) is 4.13. The van der Waals surface area contributed by atoms with Gasteiger partial charge in [-0.15, -0.1) is 0 Å². The molecular weight excluding hydrogens is 196 g/mol. The third kappa shape index (κ3) is 3.15. The molecule has 2 amide bonds. The normalized spacial score (nSPS) is 9.07. The zero-order valence-electron chi connectivity index (χ0n) is 7.90. The average molecular weight is 206 g/mol. The van der Waals surface area contributed by atoms with Crippen molar-refractivity contribution < 1.29 is 14.3 Å². The van der Waals surface area contributed by atoms with Crippen LogP contribution in [0.25, 0.3) is 0 Å². The molecule has 0 atom stereocenters. The third-order valence-electron chi connectivity index (χ3n) is 1.54. The zero-order valence-corrected chi connectivity index (χ0v) is 7.90. The number of hydrogen-bond acceptors (Lipinski definition) is 3. The van der Waals surface area contributed by atoms with E-state index in [1.165, 1.54) is 6.07 Å². The van der Waals surface area contributed by atoms with Gasteiger partial charge in [-0.1, -0.05) is 18.7 Å². The number of nitrogens with one attached hydrogen (secondary N) is 1. The maximum absolute atomic E-state index is 11.0. The number of hydrogen-bond donors (Lipinski definition) is 2. The van der Waals surface area contributed by atoms with Gasteiger partial charge in [0.15, 0.2) is 5.75 Å². The van der Waals surface area contributed by atoms with Gasteiger partial charge in [0, 0.05) is 0 Å². The van der Waals surface area contributed by atoms with Crippen molar-refractivity contribution in [3.63, 3.8) is 0 Å². The lowest BCUT2D eigenvalue weighted by molar-refractivity contribution is -0.111. The molecule has 0 unspecified atom stereocenters. The summed E-state index contributed by atoms with van der Waals surface area (Å²) in [5, 5.41) is 2.48. The van der Waals surface area contributed by atoms with Crippen LogP contribution in [0.2, 0.25) is 0 Å². The Morgan fingerprint density at radius 3 is 2.67 bits per heavy atom. The molecule has 0 aliphatic heterocycles. The monoisotopic (exact) mass is 206 g/mol. The smallest absolute Gasteiger partial charge is 0.408 e. The molecule has 0 fully saturated rings. The quantitative estimate of drug-likeness (QED) is 0.730. The molecule has 15 heavy (non-hydrogen) atoms. The first kappa shape index (κ1) is 10.8. The lowest BCUT2D eigenvalue weighted by atomic mass is 10.3. The number of ether oxygens (including phenoxy) is 1. The third-order valence-corrected chi connectivity index (χ3v) is 1.54. The lowest BCUT2D eigenvalue weighted by Gasteiger charge is -2.07. The van der Waals surface area contributed by atoms with Crippen LogP contribution >= 0.6 is 0 Å². The van der Waals surface area contributed by atoms with Gasteiger partial charge in [0.05, 0.1) is 5.69 Å². The second kappa shape index (κ2) is 4.80. The molecule has 0 radical (unpaired) electrons. The van der Waals surface area contributed by atoms with E-state index >= 15 is 0 Å². The fraction of sp³-hybridized carbons (Fsp3) is 0. The predicted octanol–water partition coefficient (Wildman–Crippen LogP) is 1.27. The highest BCUT2D eigenvalue weighted by Crippen LogP contribution is 2.23. The van der Waals surface area contributed by atoms with E-state index < -0.39 is 12.0 Å². The Labute approximate surface area is 86.5 Å². The van der Waals surface area contributed by atoms with E-state index in [1.807, 2.05) is 0 Å². The average Bonchev–Trinajstić information content (AvgIpc) is 2.20. The molecule has 0 aromatic heterocycles. The van der Waals surface area contributed by atoms with Gasteiger partial charge < -0.3 is 15.8 Å². The number of carbonyl (C=O) groups is 2. The van der Waals surface area contributed by atoms with Crippen LogP contribution in [-0.4, -0.2) is 12.0 Å². The Kier molecular flexibility index (Phi) is 3.45. The van der Waals surface area contributed by atoms with Crippen molar-refractivity contribution in [1.82, 2.24) is 0 Å². The standard InChI is InChI=1S/C10H10N2O3/c1-2-9(13)12-7-5-3-4-6-8(7)15-10(11)14/h2-6H,1H2,(H2,11,14)(H,12,13). The number of benzene rings is 1. The molecule has 0 saturated heterocycles. The first-order valence-electron chi connectivity index (χ1n) is 4.13. The van der Waals surface area contributed by atoms with E-state index in [2.05, 4.69) is 16.6 Å². The summed E-state index contributed by atoms with van der Waals surface area (Å²) in [4.78, 5) is 21.6. The topological polar surface area (TPSA) is 81.4 Å². The Morgan fingerprint density at radius 1 is 1.40 bits per heavy atom. The summed E-state index contributed by atoms with van der Waals surface area (Å²) >= 11 is 0. The molecule has 5 nitrogen and oxygen atoms in total. The van der Waals surface area contributed by atoms with Crippen LogP contribution in [0.5, 0.6) is 5.75 Å². The van der Waals surface area contributed by atoms with Crippen molar-refractivity contribution in [2.45, 2.75) is 0 Å². The summed E-state index contributed by atoms with van der Waals surface area (Å²) in [6, 6.07) is 6.44. The van der Waals surface area contributed by atoms with E-state index in [0.29, 0.717) is 5.69 Å². The minimum absolute atomic E-state index is 0.195. The molecule has 1 aromatic rings. The molecule has 5 heteroatoms. The number of nitrogens with two attached hydrogens (primary N) is 1. The first-order chi connectivity index (χ1) is 7.13. The van der Waals surface area contributed by atoms with Crippen LogP contribution in [-0.2, 0) is 4.79 Å². The van der Waals surface area contributed by atoms with Crippen LogP contribution < -0.4 is 15.8 Å². The Hall–Kier alpha value is -2.30. The predicted molar refractivity (Wildman–Crippen MR) is 55.5 cm³/mol. The highest BCUT2D eigenvalue weighted by molar-refractivity contribution is 6.00. The van der Waals surface area contributed by atoms with Gasteiger partial charge in [-0.3, -0.25) is 4.79 Å². The van der Waals surface area contributed by atoms with Gasteiger partial charge in [-0.25, -0.2) is 4.79 Å². The van der Waals surface area contributed by atoms with Crippen LogP contribution in [0.3, 0.4) is 0 Å². The fourth-order valence-electron chi connectivity index (χ4n) is 0.951. The minimum Gasteiger partial charge on any atom is -0.408 e. The molecule has 0 saturated carbocycles. The summed E-state index contributed by atoms with van der Waals surface area (Å²) in [5.41, 5.74) is 5.22. The van der Waals surface area contributed by atoms with Crippen molar-refractivity contribution >= 4 is 17.7 Å². The van der Waals surface area contributed by atoms with Crippen LogP contribution in [0, 0.1) is 0 Å². The summed E-state index contributed by atoms with van der Waals surface area (Å²) in [6.45, 7) is 3.30. The molecule has 1 rings (SSSR count). The summed E-state index contributed by atoms with van der Waals surface area (Å²) in [5.74, 6) is -0.198. The maximum Gasteiger partial charge on any atom is 0.410 e. The van der Waals surface area contributed by atoms with Gasteiger partial charge in [0.2, 0.25) is 5.91 Å². The molecular formula is C10H10N2O3. The fourth-order valence-corrected chi connectivity index (χ4v) is 0.951. The summed E-state index contributed by atoms with van der Waals surface area (Å²) in [7, 11) is 0. The van der Waals surface area contributed by atoms with Crippen LogP contribution in [0.4, 0.5) is 10.5 Å². The van der Waals surface area contributed by atoms with Gasteiger partial charge in [-0.05, 0) is 18.2 Å². The van der Waals surface area contributed by atoms with Gasteiger partial charge >= 0.3 is 6.09 Å². The Morgan fingerprint density at radius 2 is 2.07 bits per heavy atom. The number of primary amides is 1. The summed E-state index contributed by atoms with van der Waals surface area (Å²) in [6.07, 6.45) is 0.177. The molecule has 1 aromatic carbocycles. The minimum atomic E-state index is -0.935. The van der Waals surface area contributed by atoms with Gasteiger partial charge in [0.25, 0.3) is 0 Å². The molecule has 3 N–H and O–H groups in total. The molecule has 0 bridgehead atoms. The van der Waals surface area contributed by atoms with E-state index in [1.54, 1.807) is 18.2 Å². The Bertz CT molecular complexity index is 401. The summed E-state index contributed by atoms with van der Waals surface area (Å²) < 4.78 is 4.68. The molecule has 78 valence electrons. The zero-order chi connectivity index (χ0) is 11.3. The van der Waals surface area contributed by atoms with Crippen molar-refractivity contribution in [1.29, 1.82) is 0 Å². The van der Waals surface area contributed by atoms with E-state index in [9.17, 15) is 9.59 Å².